The molecule has 1 aliphatic rings. The summed E-state index contributed by atoms with van der Waals surface area (Å²) in [6.45, 7) is 11.0. The monoisotopic (exact) mass is 288 g/mol. The Bertz CT molecular complexity index is 402. The Morgan fingerprint density at radius 3 is 2.58 bits per heavy atom. The van der Waals surface area contributed by atoms with Crippen LogP contribution in [-0.4, -0.2) is 34.2 Å². The molecule has 2 unspecified atom stereocenters. The molecule has 0 radical (unpaired) electrons. The van der Waals surface area contributed by atoms with Crippen LogP contribution in [0.25, 0.3) is 0 Å². The van der Waals surface area contributed by atoms with Crippen LogP contribution in [-0.2, 0) is 12.0 Å². The van der Waals surface area contributed by atoms with Crippen molar-refractivity contribution in [2.24, 2.45) is 11.7 Å². The predicted octanol–water partition coefficient (Wildman–Crippen LogP) is 1.96. The summed E-state index contributed by atoms with van der Waals surface area (Å²) in [5.41, 5.74) is 5.65. The highest BCUT2D eigenvalue weighted by atomic mass is 35.5. The number of aromatic nitrogens is 2. The molecule has 0 saturated carbocycles. The molecule has 19 heavy (non-hydrogen) atoms. The first kappa shape index (κ1) is 16.4. The maximum Gasteiger partial charge on any atom is 0.232 e. The van der Waals surface area contributed by atoms with Gasteiger partial charge in [0.15, 0.2) is 5.82 Å². The van der Waals surface area contributed by atoms with Crippen LogP contribution in [0.4, 0.5) is 0 Å². The third kappa shape index (κ3) is 3.91. The SMILES string of the molecule is CC1CC(CN)CN1Cc1noc(C(C)(C)C)n1.Cl. The number of hydrogen-bond acceptors (Lipinski definition) is 5. The van der Waals surface area contributed by atoms with Gasteiger partial charge in [0.05, 0.1) is 6.54 Å². The van der Waals surface area contributed by atoms with Crippen molar-refractivity contribution in [3.8, 4) is 0 Å². The zero-order chi connectivity index (χ0) is 13.3. The highest BCUT2D eigenvalue weighted by molar-refractivity contribution is 5.85. The Morgan fingerprint density at radius 2 is 2.11 bits per heavy atom. The van der Waals surface area contributed by atoms with Gasteiger partial charge in [-0.3, -0.25) is 4.90 Å². The molecular formula is C13H25ClN4O. The van der Waals surface area contributed by atoms with Gasteiger partial charge in [-0.25, -0.2) is 0 Å². The fraction of sp³-hybridized carbons (Fsp3) is 0.846. The minimum atomic E-state index is -0.0817. The van der Waals surface area contributed by atoms with Gasteiger partial charge in [-0.2, -0.15) is 4.98 Å². The van der Waals surface area contributed by atoms with Crippen molar-refractivity contribution in [3.05, 3.63) is 11.7 Å². The molecule has 1 saturated heterocycles. The zero-order valence-corrected chi connectivity index (χ0v) is 13.0. The van der Waals surface area contributed by atoms with Crippen LogP contribution in [0.5, 0.6) is 0 Å². The van der Waals surface area contributed by atoms with Crippen LogP contribution >= 0.6 is 12.4 Å². The van der Waals surface area contributed by atoms with Gasteiger partial charge in [-0.1, -0.05) is 25.9 Å². The normalized spacial score (nSPS) is 24.5. The molecule has 0 bridgehead atoms. The van der Waals surface area contributed by atoms with E-state index in [1.807, 2.05) is 0 Å². The molecule has 2 atom stereocenters. The van der Waals surface area contributed by atoms with Crippen LogP contribution in [0, 0.1) is 5.92 Å². The van der Waals surface area contributed by atoms with Crippen molar-refractivity contribution >= 4 is 12.4 Å². The summed E-state index contributed by atoms with van der Waals surface area (Å²) in [5.74, 6) is 2.10. The lowest BCUT2D eigenvalue weighted by atomic mass is 9.97. The minimum absolute atomic E-state index is 0. The van der Waals surface area contributed by atoms with E-state index in [9.17, 15) is 0 Å². The highest BCUT2D eigenvalue weighted by Crippen LogP contribution is 2.24. The molecule has 2 N–H and O–H groups in total. The van der Waals surface area contributed by atoms with E-state index in [0.717, 1.165) is 25.5 Å². The fourth-order valence-electron chi connectivity index (χ4n) is 2.41. The zero-order valence-electron chi connectivity index (χ0n) is 12.2. The summed E-state index contributed by atoms with van der Waals surface area (Å²) < 4.78 is 5.32. The van der Waals surface area contributed by atoms with Crippen LogP contribution in [0.2, 0.25) is 0 Å². The Kier molecular flexibility index (Phi) is 5.35. The number of likely N-dealkylation sites (tertiary alicyclic amines) is 1. The maximum absolute atomic E-state index is 5.74. The van der Waals surface area contributed by atoms with Gasteiger partial charge in [0.2, 0.25) is 5.89 Å². The lowest BCUT2D eigenvalue weighted by Crippen LogP contribution is -2.28. The Hall–Kier alpha value is -0.650. The summed E-state index contributed by atoms with van der Waals surface area (Å²) in [6, 6.07) is 0.551. The minimum Gasteiger partial charge on any atom is -0.339 e. The first-order chi connectivity index (χ1) is 8.40. The van der Waals surface area contributed by atoms with Crippen molar-refractivity contribution in [2.75, 3.05) is 13.1 Å². The third-order valence-electron chi connectivity index (χ3n) is 3.58. The second kappa shape index (κ2) is 6.20. The Morgan fingerprint density at radius 1 is 1.42 bits per heavy atom. The third-order valence-corrected chi connectivity index (χ3v) is 3.58. The summed E-state index contributed by atoms with van der Waals surface area (Å²) in [5, 5.41) is 4.07. The molecule has 0 aromatic carbocycles. The van der Waals surface area contributed by atoms with Crippen molar-refractivity contribution in [2.45, 2.75) is 52.1 Å². The molecule has 5 nitrogen and oxygen atoms in total. The number of rotatable bonds is 3. The second-order valence-corrected chi connectivity index (χ2v) is 6.38. The summed E-state index contributed by atoms with van der Waals surface area (Å²) in [6.07, 6.45) is 1.17. The Labute approximate surface area is 121 Å². The number of hydrogen-bond donors (Lipinski definition) is 1. The van der Waals surface area contributed by atoms with Crippen molar-refractivity contribution in [1.29, 1.82) is 0 Å². The smallest absolute Gasteiger partial charge is 0.232 e. The summed E-state index contributed by atoms with van der Waals surface area (Å²) >= 11 is 0. The molecule has 0 aliphatic carbocycles. The average molecular weight is 289 g/mol. The topological polar surface area (TPSA) is 68.2 Å². The van der Waals surface area contributed by atoms with Crippen molar-refractivity contribution < 1.29 is 4.52 Å². The van der Waals surface area contributed by atoms with Gasteiger partial charge in [0.1, 0.15) is 0 Å². The molecule has 6 heteroatoms. The number of nitrogens with zero attached hydrogens (tertiary/aromatic N) is 3. The summed E-state index contributed by atoms with van der Waals surface area (Å²) in [4.78, 5) is 6.86. The summed E-state index contributed by atoms with van der Waals surface area (Å²) in [7, 11) is 0. The molecular weight excluding hydrogens is 264 g/mol. The van der Waals surface area contributed by atoms with E-state index in [0.29, 0.717) is 17.9 Å². The molecule has 1 fully saturated rings. The molecule has 1 aromatic heterocycles. The van der Waals surface area contributed by atoms with Crippen molar-refractivity contribution in [1.82, 2.24) is 15.0 Å². The van der Waals surface area contributed by atoms with E-state index >= 15 is 0 Å². The highest BCUT2D eigenvalue weighted by Gasteiger charge is 2.29. The van der Waals surface area contributed by atoms with E-state index in [1.54, 1.807) is 0 Å². The molecule has 2 rings (SSSR count). The first-order valence-electron chi connectivity index (χ1n) is 6.67. The average Bonchev–Trinajstić information content (AvgIpc) is 2.86. The van der Waals surface area contributed by atoms with Crippen LogP contribution in [0.3, 0.4) is 0 Å². The molecule has 0 amide bonds. The largest absolute Gasteiger partial charge is 0.339 e. The van der Waals surface area contributed by atoms with E-state index in [2.05, 4.69) is 42.7 Å². The molecule has 0 spiro atoms. The molecule has 110 valence electrons. The van der Waals surface area contributed by atoms with E-state index in [1.165, 1.54) is 6.42 Å². The van der Waals surface area contributed by atoms with Crippen LogP contribution < -0.4 is 5.73 Å². The van der Waals surface area contributed by atoms with E-state index in [-0.39, 0.29) is 17.8 Å². The first-order valence-corrected chi connectivity index (χ1v) is 6.67. The standard InChI is InChI=1S/C13H24N4O.ClH/c1-9-5-10(6-14)7-17(9)8-11-15-12(18-16-11)13(2,3)4;/h9-10H,5-8,14H2,1-4H3;1H. The molecule has 1 aliphatic heterocycles. The molecule has 2 heterocycles. The van der Waals surface area contributed by atoms with Crippen molar-refractivity contribution in [3.63, 3.8) is 0 Å². The number of halogens is 1. The van der Waals surface area contributed by atoms with E-state index in [4.69, 9.17) is 10.3 Å². The Balaban J connectivity index is 0.00000180. The van der Waals surface area contributed by atoms with Gasteiger partial charge >= 0.3 is 0 Å². The van der Waals surface area contributed by atoms with Gasteiger partial charge < -0.3 is 10.3 Å². The van der Waals surface area contributed by atoms with Crippen LogP contribution in [0.1, 0.15) is 45.8 Å². The maximum atomic E-state index is 5.74. The van der Waals surface area contributed by atoms with E-state index < -0.39 is 0 Å². The molecule has 1 aromatic rings. The van der Waals surface area contributed by atoms with Gasteiger partial charge in [0, 0.05) is 18.0 Å². The number of nitrogens with two attached hydrogens (primary N) is 1. The fourth-order valence-corrected chi connectivity index (χ4v) is 2.41. The van der Waals surface area contributed by atoms with Crippen LogP contribution in [0.15, 0.2) is 4.52 Å². The predicted molar refractivity (Wildman–Crippen MR) is 77.3 cm³/mol. The lowest BCUT2D eigenvalue weighted by molar-refractivity contribution is 0.244. The van der Waals surface area contributed by atoms with Gasteiger partial charge in [0.25, 0.3) is 0 Å². The van der Waals surface area contributed by atoms with Gasteiger partial charge in [-0.15, -0.1) is 12.4 Å². The quantitative estimate of drug-likeness (QED) is 0.921. The van der Waals surface area contributed by atoms with Gasteiger partial charge in [-0.05, 0) is 25.8 Å². The lowest BCUT2D eigenvalue weighted by Gasteiger charge is -2.18. The second-order valence-electron chi connectivity index (χ2n) is 6.38.